The van der Waals surface area contributed by atoms with E-state index in [0.29, 0.717) is 17.5 Å². The van der Waals surface area contributed by atoms with Gasteiger partial charge in [-0.05, 0) is 37.5 Å². The van der Waals surface area contributed by atoms with Crippen LogP contribution in [0, 0.1) is 11.8 Å². The Balaban J connectivity index is 2.34. The lowest BCUT2D eigenvalue weighted by Crippen LogP contribution is -2.58. The number of thiocarbonyl (C=S) groups is 1. The van der Waals surface area contributed by atoms with Crippen molar-refractivity contribution in [3.63, 3.8) is 0 Å². The molecule has 0 bridgehead atoms. The second-order valence-corrected chi connectivity index (χ2v) is 8.37. The van der Waals surface area contributed by atoms with Crippen LogP contribution in [0.1, 0.15) is 39.5 Å². The maximum atomic E-state index is 12.3. The summed E-state index contributed by atoms with van der Waals surface area (Å²) in [5.41, 5.74) is 5.33. The molecular formula is C12H22N2O2S2. The monoisotopic (exact) mass is 290 g/mol. The molecule has 2 N–H and O–H groups in total. The summed E-state index contributed by atoms with van der Waals surface area (Å²) in [6.45, 7) is 4.73. The molecule has 0 amide bonds. The van der Waals surface area contributed by atoms with Crippen LogP contribution in [0.4, 0.5) is 0 Å². The van der Waals surface area contributed by atoms with Gasteiger partial charge in [0.1, 0.15) is 0 Å². The van der Waals surface area contributed by atoms with Crippen molar-refractivity contribution in [1.82, 2.24) is 4.31 Å². The van der Waals surface area contributed by atoms with Gasteiger partial charge in [-0.1, -0.05) is 26.1 Å². The minimum Gasteiger partial charge on any atom is -0.392 e. The van der Waals surface area contributed by atoms with Gasteiger partial charge < -0.3 is 5.73 Å². The van der Waals surface area contributed by atoms with Crippen LogP contribution in [0.15, 0.2) is 0 Å². The van der Waals surface area contributed by atoms with Crippen molar-refractivity contribution in [3.05, 3.63) is 0 Å². The SMILES string of the molecule is CC1CCC(C(N)=S)(N2CC(C)CS2(=O)=O)CC1. The standard InChI is InChI=1S/C12H22N2O2S2/c1-9-3-5-12(6-4-9,11(13)17)14-7-10(2)8-18(14,15)16/h9-10H,3-8H2,1-2H3,(H2,13,17). The zero-order valence-corrected chi connectivity index (χ0v) is 12.7. The van der Waals surface area contributed by atoms with E-state index in [4.69, 9.17) is 18.0 Å². The third-order valence-electron chi connectivity index (χ3n) is 4.35. The molecule has 1 atom stereocenters. The summed E-state index contributed by atoms with van der Waals surface area (Å²) in [4.78, 5) is 0.354. The Morgan fingerprint density at radius 2 is 1.83 bits per heavy atom. The fourth-order valence-electron chi connectivity index (χ4n) is 3.20. The summed E-state index contributed by atoms with van der Waals surface area (Å²) in [5, 5.41) is 0. The van der Waals surface area contributed by atoms with Gasteiger partial charge in [-0.2, -0.15) is 4.31 Å². The van der Waals surface area contributed by atoms with E-state index in [0.717, 1.165) is 25.7 Å². The minimum absolute atomic E-state index is 0.167. The molecule has 0 aromatic rings. The average molecular weight is 290 g/mol. The van der Waals surface area contributed by atoms with Gasteiger partial charge in [-0.25, -0.2) is 8.42 Å². The fraction of sp³-hybridized carbons (Fsp3) is 0.917. The van der Waals surface area contributed by atoms with Gasteiger partial charge in [0.05, 0.1) is 16.3 Å². The van der Waals surface area contributed by atoms with Crippen LogP contribution < -0.4 is 5.73 Å². The lowest BCUT2D eigenvalue weighted by Gasteiger charge is -2.44. The fourth-order valence-corrected chi connectivity index (χ4v) is 5.87. The largest absolute Gasteiger partial charge is 0.392 e. The van der Waals surface area contributed by atoms with Gasteiger partial charge in [0.25, 0.3) is 0 Å². The predicted octanol–water partition coefficient (Wildman–Crippen LogP) is 1.50. The zero-order valence-electron chi connectivity index (χ0n) is 11.1. The average Bonchev–Trinajstić information content (AvgIpc) is 2.53. The van der Waals surface area contributed by atoms with E-state index in [1.807, 2.05) is 6.92 Å². The first-order valence-electron chi connectivity index (χ1n) is 6.58. The topological polar surface area (TPSA) is 63.4 Å². The highest BCUT2D eigenvalue weighted by Crippen LogP contribution is 2.41. The minimum atomic E-state index is -3.19. The third kappa shape index (κ3) is 2.30. The molecule has 2 fully saturated rings. The normalized spacial score (nSPS) is 40.8. The number of sulfonamides is 1. The molecule has 2 aliphatic rings. The third-order valence-corrected chi connectivity index (χ3v) is 6.89. The summed E-state index contributed by atoms with van der Waals surface area (Å²) in [5.74, 6) is 1.03. The molecule has 1 aliphatic heterocycles. The summed E-state index contributed by atoms with van der Waals surface area (Å²) in [7, 11) is -3.19. The molecule has 0 aromatic heterocycles. The van der Waals surface area contributed by atoms with E-state index in [9.17, 15) is 8.42 Å². The molecule has 4 nitrogen and oxygen atoms in total. The molecule has 104 valence electrons. The lowest BCUT2D eigenvalue weighted by molar-refractivity contribution is 0.174. The van der Waals surface area contributed by atoms with Crippen molar-refractivity contribution in [3.8, 4) is 0 Å². The van der Waals surface area contributed by atoms with E-state index < -0.39 is 15.6 Å². The maximum absolute atomic E-state index is 12.3. The first-order valence-corrected chi connectivity index (χ1v) is 8.60. The molecule has 0 spiro atoms. The molecule has 1 saturated heterocycles. The predicted molar refractivity (Wildman–Crippen MR) is 76.8 cm³/mol. The summed E-state index contributed by atoms with van der Waals surface area (Å²) >= 11 is 5.22. The van der Waals surface area contributed by atoms with Gasteiger partial charge in [-0.3, -0.25) is 0 Å². The highest BCUT2D eigenvalue weighted by atomic mass is 32.2. The highest BCUT2D eigenvalue weighted by Gasteiger charge is 2.50. The molecule has 2 rings (SSSR count). The van der Waals surface area contributed by atoms with E-state index in [1.54, 1.807) is 4.31 Å². The molecule has 1 aliphatic carbocycles. The van der Waals surface area contributed by atoms with Crippen LogP contribution in [0.2, 0.25) is 0 Å². The Bertz CT molecular complexity index is 439. The van der Waals surface area contributed by atoms with Crippen molar-refractivity contribution in [2.75, 3.05) is 12.3 Å². The summed E-state index contributed by atoms with van der Waals surface area (Å²) in [6, 6.07) is 0. The van der Waals surface area contributed by atoms with E-state index in [2.05, 4.69) is 6.92 Å². The number of rotatable bonds is 2. The Labute approximate surface area is 115 Å². The lowest BCUT2D eigenvalue weighted by atomic mass is 9.77. The van der Waals surface area contributed by atoms with E-state index in [1.165, 1.54) is 0 Å². The molecule has 1 heterocycles. The highest BCUT2D eigenvalue weighted by molar-refractivity contribution is 7.89. The molecule has 0 radical (unpaired) electrons. The number of hydrogen-bond donors (Lipinski definition) is 1. The maximum Gasteiger partial charge on any atom is 0.215 e. The number of nitrogens with two attached hydrogens (primary N) is 1. The summed E-state index contributed by atoms with van der Waals surface area (Å²) in [6.07, 6.45) is 3.54. The first kappa shape index (κ1) is 14.2. The molecule has 18 heavy (non-hydrogen) atoms. The second kappa shape index (κ2) is 4.72. The van der Waals surface area contributed by atoms with Gasteiger partial charge in [0, 0.05) is 6.54 Å². The molecular weight excluding hydrogens is 268 g/mol. The van der Waals surface area contributed by atoms with Crippen molar-refractivity contribution >= 4 is 27.2 Å². The summed E-state index contributed by atoms with van der Waals surface area (Å²) < 4.78 is 26.2. The second-order valence-electron chi connectivity index (χ2n) is 5.99. The van der Waals surface area contributed by atoms with Crippen LogP contribution in [-0.4, -0.2) is 35.5 Å². The van der Waals surface area contributed by atoms with E-state index in [-0.39, 0.29) is 11.7 Å². The van der Waals surface area contributed by atoms with Crippen molar-refractivity contribution in [2.24, 2.45) is 17.6 Å². The van der Waals surface area contributed by atoms with Crippen LogP contribution in [0.5, 0.6) is 0 Å². The Kier molecular flexibility index (Phi) is 3.73. The quantitative estimate of drug-likeness (QED) is 0.783. The zero-order chi connectivity index (χ0) is 13.6. The molecule has 6 heteroatoms. The van der Waals surface area contributed by atoms with Crippen LogP contribution in [-0.2, 0) is 10.0 Å². The Morgan fingerprint density at radius 3 is 2.22 bits per heavy atom. The van der Waals surface area contributed by atoms with Gasteiger partial charge >= 0.3 is 0 Å². The molecule has 1 saturated carbocycles. The molecule has 0 aromatic carbocycles. The van der Waals surface area contributed by atoms with Crippen LogP contribution in [0.3, 0.4) is 0 Å². The molecule has 1 unspecified atom stereocenters. The van der Waals surface area contributed by atoms with Crippen molar-refractivity contribution in [2.45, 2.75) is 45.1 Å². The van der Waals surface area contributed by atoms with Crippen LogP contribution in [0.25, 0.3) is 0 Å². The number of hydrogen-bond acceptors (Lipinski definition) is 3. The van der Waals surface area contributed by atoms with Crippen molar-refractivity contribution < 1.29 is 8.42 Å². The first-order chi connectivity index (χ1) is 8.28. The van der Waals surface area contributed by atoms with Gasteiger partial charge in [0.15, 0.2) is 0 Å². The van der Waals surface area contributed by atoms with E-state index >= 15 is 0 Å². The van der Waals surface area contributed by atoms with Crippen molar-refractivity contribution in [1.29, 1.82) is 0 Å². The Hall–Kier alpha value is -0.200. The smallest absolute Gasteiger partial charge is 0.215 e. The number of nitrogens with zero attached hydrogens (tertiary/aromatic N) is 1. The Morgan fingerprint density at radius 1 is 1.28 bits per heavy atom. The van der Waals surface area contributed by atoms with Gasteiger partial charge in [0.2, 0.25) is 10.0 Å². The van der Waals surface area contributed by atoms with Crippen LogP contribution >= 0.6 is 12.2 Å². The van der Waals surface area contributed by atoms with Gasteiger partial charge in [-0.15, -0.1) is 0 Å².